The van der Waals surface area contributed by atoms with Crippen LogP contribution in [-0.2, 0) is 6.54 Å². The number of ether oxygens (including phenoxy) is 1. The van der Waals surface area contributed by atoms with E-state index in [4.69, 9.17) is 9.26 Å². The lowest BCUT2D eigenvalue weighted by atomic mass is 9.99. The molecule has 186 valence electrons. The van der Waals surface area contributed by atoms with Crippen molar-refractivity contribution < 1.29 is 18.4 Å². The molecule has 0 atom stereocenters. The summed E-state index contributed by atoms with van der Waals surface area (Å²) in [4.78, 5) is 31.2. The first kappa shape index (κ1) is 23.9. The first-order valence-corrected chi connectivity index (χ1v) is 11.5. The number of carbonyl (C=O) groups excluding carboxylic acids is 1. The van der Waals surface area contributed by atoms with E-state index in [1.807, 2.05) is 26.0 Å². The number of aromatic nitrogens is 3. The van der Waals surface area contributed by atoms with E-state index in [1.54, 1.807) is 37.6 Å². The van der Waals surface area contributed by atoms with Crippen LogP contribution in [0.2, 0.25) is 0 Å². The molecular weight excluding hydrogens is 475 g/mol. The third-order valence-electron chi connectivity index (χ3n) is 6.11. The summed E-state index contributed by atoms with van der Waals surface area (Å²) < 4.78 is 25.9. The second-order valence-electron chi connectivity index (χ2n) is 8.54. The Morgan fingerprint density at radius 2 is 1.89 bits per heavy atom. The van der Waals surface area contributed by atoms with Crippen LogP contribution in [0.3, 0.4) is 0 Å². The number of amides is 1. The summed E-state index contributed by atoms with van der Waals surface area (Å²) in [5.41, 5.74) is 3.21. The number of rotatable bonds is 6. The number of pyridine rings is 2. The van der Waals surface area contributed by atoms with Crippen molar-refractivity contribution in [3.8, 4) is 16.9 Å². The Labute approximate surface area is 211 Å². The summed E-state index contributed by atoms with van der Waals surface area (Å²) in [7, 11) is 1.55. The second kappa shape index (κ2) is 9.69. The van der Waals surface area contributed by atoms with Crippen LogP contribution in [0.5, 0.6) is 5.75 Å². The topological polar surface area (TPSA) is 99.3 Å². The largest absolute Gasteiger partial charge is 0.496 e. The van der Waals surface area contributed by atoms with Crippen molar-refractivity contribution in [3.63, 3.8) is 0 Å². The third kappa shape index (κ3) is 4.58. The monoisotopic (exact) mass is 498 g/mol. The van der Waals surface area contributed by atoms with Crippen LogP contribution in [0.25, 0.3) is 22.0 Å². The summed E-state index contributed by atoms with van der Waals surface area (Å²) in [6.07, 6.45) is 1.64. The lowest BCUT2D eigenvalue weighted by molar-refractivity contribution is 0.102. The van der Waals surface area contributed by atoms with E-state index < -0.39 is 17.3 Å². The minimum Gasteiger partial charge on any atom is -0.496 e. The van der Waals surface area contributed by atoms with Gasteiger partial charge in [0.2, 0.25) is 0 Å². The van der Waals surface area contributed by atoms with Crippen molar-refractivity contribution >= 4 is 22.5 Å². The number of benzene rings is 2. The van der Waals surface area contributed by atoms with Crippen LogP contribution >= 0.6 is 0 Å². The third-order valence-corrected chi connectivity index (χ3v) is 6.11. The Balaban J connectivity index is 1.72. The van der Waals surface area contributed by atoms with Gasteiger partial charge in [-0.1, -0.05) is 11.2 Å². The molecule has 0 unspecified atom stereocenters. The van der Waals surface area contributed by atoms with Gasteiger partial charge >= 0.3 is 0 Å². The highest BCUT2D eigenvalue weighted by Crippen LogP contribution is 2.37. The number of nitrogens with zero attached hydrogens (tertiary/aromatic N) is 3. The summed E-state index contributed by atoms with van der Waals surface area (Å²) in [6.45, 7) is 3.78. The number of carbonyl (C=O) groups is 1. The molecule has 37 heavy (non-hydrogen) atoms. The number of nitrogens with one attached hydrogen (secondary N) is 1. The molecule has 8 nitrogen and oxygen atoms in total. The van der Waals surface area contributed by atoms with Crippen LogP contribution in [0.4, 0.5) is 10.1 Å². The Morgan fingerprint density at radius 3 is 2.54 bits per heavy atom. The fourth-order valence-electron chi connectivity index (χ4n) is 4.34. The number of methoxy groups -OCH3 is 1. The standard InChI is InChI=1S/C28H23FN4O4/c1-16-26(17(2)37-32-16)22-12-18-13-23(27(34)31-20-9-7-19(29)8-10-20)28(35)33(24(18)14-25(22)36-3)15-21-6-4-5-11-30-21/h4-14H,15H2,1-3H3,(H,31,34). The van der Waals surface area contributed by atoms with Crippen molar-refractivity contribution in [1.82, 2.24) is 14.7 Å². The van der Waals surface area contributed by atoms with Gasteiger partial charge in [-0.2, -0.15) is 0 Å². The van der Waals surface area contributed by atoms with Gasteiger partial charge in [0.05, 0.1) is 36.1 Å². The van der Waals surface area contributed by atoms with Crippen LogP contribution < -0.4 is 15.6 Å². The Bertz CT molecular complexity index is 1660. The fourth-order valence-corrected chi connectivity index (χ4v) is 4.34. The molecule has 1 amide bonds. The maximum absolute atomic E-state index is 13.6. The quantitative estimate of drug-likeness (QED) is 0.349. The maximum atomic E-state index is 13.6. The highest BCUT2D eigenvalue weighted by atomic mass is 19.1. The van der Waals surface area contributed by atoms with Gasteiger partial charge in [-0.05, 0) is 62.4 Å². The number of aryl methyl sites for hydroxylation is 2. The number of anilines is 1. The average molecular weight is 499 g/mol. The zero-order valence-electron chi connectivity index (χ0n) is 20.4. The van der Waals surface area contributed by atoms with E-state index in [2.05, 4.69) is 15.5 Å². The number of fused-ring (bicyclic) bond motifs is 1. The summed E-state index contributed by atoms with van der Waals surface area (Å²) >= 11 is 0. The van der Waals surface area contributed by atoms with Gasteiger partial charge in [0.15, 0.2) is 0 Å². The molecule has 5 rings (SSSR count). The zero-order chi connectivity index (χ0) is 26.1. The number of hydrogen-bond acceptors (Lipinski definition) is 6. The predicted molar refractivity (Wildman–Crippen MR) is 137 cm³/mol. The van der Waals surface area contributed by atoms with Gasteiger partial charge in [0.25, 0.3) is 11.5 Å². The molecule has 0 saturated heterocycles. The molecule has 0 bridgehead atoms. The summed E-state index contributed by atoms with van der Waals surface area (Å²) in [5.74, 6) is 0.107. The molecule has 5 aromatic rings. The van der Waals surface area contributed by atoms with E-state index in [-0.39, 0.29) is 12.1 Å². The van der Waals surface area contributed by atoms with Gasteiger partial charge in [-0.15, -0.1) is 0 Å². The molecule has 1 N–H and O–H groups in total. The minimum absolute atomic E-state index is 0.0670. The summed E-state index contributed by atoms with van der Waals surface area (Å²) in [6, 6.07) is 15.9. The van der Waals surface area contributed by atoms with Crippen LogP contribution in [-0.4, -0.2) is 27.7 Å². The predicted octanol–water partition coefficient (Wildman–Crippen LogP) is 5.12. The van der Waals surface area contributed by atoms with Crippen LogP contribution in [0.15, 0.2) is 76.2 Å². The fraction of sp³-hybridized carbons (Fsp3) is 0.143. The molecule has 3 aromatic heterocycles. The number of halogens is 1. The van der Waals surface area contributed by atoms with Crippen molar-refractivity contribution in [3.05, 3.63) is 106 Å². The second-order valence-corrected chi connectivity index (χ2v) is 8.54. The lowest BCUT2D eigenvalue weighted by Gasteiger charge is -2.16. The van der Waals surface area contributed by atoms with E-state index in [0.29, 0.717) is 39.5 Å². The van der Waals surface area contributed by atoms with Crippen molar-refractivity contribution in [2.24, 2.45) is 0 Å². The SMILES string of the molecule is COc1cc2c(cc1-c1c(C)noc1C)cc(C(=O)Nc1ccc(F)cc1)c(=O)n2Cc1ccccn1. The van der Waals surface area contributed by atoms with E-state index >= 15 is 0 Å². The number of hydrogen-bond donors (Lipinski definition) is 1. The van der Waals surface area contributed by atoms with E-state index in [1.165, 1.54) is 28.8 Å². The molecule has 0 spiro atoms. The maximum Gasteiger partial charge on any atom is 0.264 e. The summed E-state index contributed by atoms with van der Waals surface area (Å²) in [5, 5.41) is 7.37. The van der Waals surface area contributed by atoms with Gasteiger partial charge in [-0.3, -0.25) is 14.6 Å². The van der Waals surface area contributed by atoms with Crippen molar-refractivity contribution in [2.75, 3.05) is 12.4 Å². The van der Waals surface area contributed by atoms with Gasteiger partial charge < -0.3 is 19.1 Å². The molecule has 9 heteroatoms. The lowest BCUT2D eigenvalue weighted by Crippen LogP contribution is -2.30. The molecule has 0 aliphatic carbocycles. The molecule has 0 saturated carbocycles. The Morgan fingerprint density at radius 1 is 1.11 bits per heavy atom. The molecular formula is C28H23FN4O4. The minimum atomic E-state index is -0.608. The van der Waals surface area contributed by atoms with Crippen molar-refractivity contribution in [2.45, 2.75) is 20.4 Å². The molecule has 0 fully saturated rings. The van der Waals surface area contributed by atoms with Gasteiger partial charge in [0, 0.05) is 28.9 Å². The van der Waals surface area contributed by atoms with Crippen LogP contribution in [0, 0.1) is 19.7 Å². The van der Waals surface area contributed by atoms with E-state index in [9.17, 15) is 14.0 Å². The van der Waals surface area contributed by atoms with Gasteiger partial charge in [0.1, 0.15) is 22.9 Å². The zero-order valence-corrected chi connectivity index (χ0v) is 20.4. The first-order valence-electron chi connectivity index (χ1n) is 11.5. The highest BCUT2D eigenvalue weighted by molar-refractivity contribution is 6.06. The molecule has 0 aliphatic heterocycles. The Kier molecular flexibility index (Phi) is 6.27. The molecule has 2 aromatic carbocycles. The molecule has 0 aliphatic rings. The Hall–Kier alpha value is -4.79. The first-order chi connectivity index (χ1) is 17.9. The highest BCUT2D eigenvalue weighted by Gasteiger charge is 2.21. The van der Waals surface area contributed by atoms with Gasteiger partial charge in [-0.25, -0.2) is 4.39 Å². The molecule has 0 radical (unpaired) electrons. The average Bonchev–Trinajstić information content (AvgIpc) is 3.24. The normalized spacial score (nSPS) is 11.0. The van der Waals surface area contributed by atoms with E-state index in [0.717, 1.165) is 11.1 Å². The van der Waals surface area contributed by atoms with Crippen molar-refractivity contribution in [1.29, 1.82) is 0 Å². The molecule has 3 heterocycles. The smallest absolute Gasteiger partial charge is 0.264 e. The van der Waals surface area contributed by atoms with Crippen LogP contribution in [0.1, 0.15) is 27.5 Å².